The molecule has 0 aliphatic carbocycles. The van der Waals surface area contributed by atoms with Crippen molar-refractivity contribution in [3.63, 3.8) is 0 Å². The second-order valence-corrected chi connectivity index (χ2v) is 8.90. The quantitative estimate of drug-likeness (QED) is 0.624. The Bertz CT molecular complexity index is 987. The number of piperidine rings is 1. The zero-order chi connectivity index (χ0) is 20.9. The van der Waals surface area contributed by atoms with E-state index < -0.39 is 0 Å². The molecule has 1 aromatic carbocycles. The van der Waals surface area contributed by atoms with Gasteiger partial charge in [0.1, 0.15) is 0 Å². The minimum Gasteiger partial charge on any atom is -0.340 e. The number of anilines is 2. The summed E-state index contributed by atoms with van der Waals surface area (Å²) in [6.07, 6.45) is 7.51. The molecule has 0 saturated carbocycles. The normalized spacial score (nSPS) is 16.5. The first-order valence-corrected chi connectivity index (χ1v) is 11.3. The zero-order valence-electron chi connectivity index (χ0n) is 17.5. The molecule has 4 rings (SSSR count). The van der Waals surface area contributed by atoms with Gasteiger partial charge in [0.25, 0.3) is 0 Å². The average Bonchev–Trinajstić information content (AvgIpc) is 3.15. The summed E-state index contributed by atoms with van der Waals surface area (Å²) in [6.45, 7) is 5.75. The van der Waals surface area contributed by atoms with E-state index in [1.807, 2.05) is 0 Å². The molecule has 0 spiro atoms. The van der Waals surface area contributed by atoms with Gasteiger partial charge in [0, 0.05) is 35.9 Å². The Hall–Kier alpha value is -2.80. The first-order valence-electron chi connectivity index (χ1n) is 10.5. The molecule has 2 aromatic heterocycles. The van der Waals surface area contributed by atoms with Gasteiger partial charge in [-0.1, -0.05) is 37.6 Å². The van der Waals surface area contributed by atoms with Crippen molar-refractivity contribution in [3.8, 4) is 11.3 Å². The molecule has 0 bridgehead atoms. The summed E-state index contributed by atoms with van der Waals surface area (Å²) >= 11 is 1.53. The van der Waals surface area contributed by atoms with Crippen molar-refractivity contribution in [2.75, 3.05) is 23.3 Å². The van der Waals surface area contributed by atoms with Crippen LogP contribution < -0.4 is 10.2 Å². The number of aromatic nitrogens is 3. The van der Waals surface area contributed by atoms with Crippen LogP contribution >= 0.6 is 11.3 Å². The van der Waals surface area contributed by atoms with E-state index in [1.165, 1.54) is 16.9 Å². The Balaban J connectivity index is 1.43. The fourth-order valence-electron chi connectivity index (χ4n) is 3.87. The molecular formula is C23H27N5OS. The van der Waals surface area contributed by atoms with Gasteiger partial charge in [-0.2, -0.15) is 0 Å². The van der Waals surface area contributed by atoms with E-state index in [9.17, 15) is 4.79 Å². The van der Waals surface area contributed by atoms with Crippen molar-refractivity contribution in [3.05, 3.63) is 53.2 Å². The van der Waals surface area contributed by atoms with E-state index in [0.717, 1.165) is 48.4 Å². The second-order valence-electron chi connectivity index (χ2n) is 7.69. The molecule has 1 fully saturated rings. The van der Waals surface area contributed by atoms with Gasteiger partial charge in [0.05, 0.1) is 11.6 Å². The number of aryl methyl sites for hydroxylation is 2. The van der Waals surface area contributed by atoms with Crippen molar-refractivity contribution < 1.29 is 4.79 Å². The summed E-state index contributed by atoms with van der Waals surface area (Å²) in [5.74, 6) is 0.617. The second kappa shape index (κ2) is 9.34. The number of carbonyl (C=O) groups is 1. The number of hydrogen-bond acceptors (Lipinski definition) is 6. The predicted octanol–water partition coefficient (Wildman–Crippen LogP) is 4.72. The lowest BCUT2D eigenvalue weighted by Crippen LogP contribution is -2.41. The monoisotopic (exact) mass is 421 g/mol. The number of thiazole rings is 1. The summed E-state index contributed by atoms with van der Waals surface area (Å²) in [4.78, 5) is 29.5. The highest BCUT2D eigenvalue weighted by Gasteiger charge is 2.27. The van der Waals surface area contributed by atoms with E-state index >= 15 is 0 Å². The van der Waals surface area contributed by atoms with Crippen LogP contribution in [0, 0.1) is 12.8 Å². The molecule has 6 nitrogen and oxygen atoms in total. The van der Waals surface area contributed by atoms with E-state index in [1.54, 1.807) is 18.5 Å². The molecule has 30 heavy (non-hydrogen) atoms. The predicted molar refractivity (Wildman–Crippen MR) is 122 cm³/mol. The highest BCUT2D eigenvalue weighted by atomic mass is 32.1. The van der Waals surface area contributed by atoms with Gasteiger partial charge in [-0.3, -0.25) is 4.79 Å². The maximum Gasteiger partial charge on any atom is 0.231 e. The lowest BCUT2D eigenvalue weighted by atomic mass is 9.97. The van der Waals surface area contributed by atoms with Crippen LogP contribution in [-0.4, -0.2) is 33.9 Å². The van der Waals surface area contributed by atoms with Crippen LogP contribution in [0.4, 0.5) is 11.1 Å². The standard InChI is InChI=1S/C23H27N5OS/c1-3-6-17-8-10-18(11-9-17)20-16(2)30-23(26-20)27-21(29)19-7-4-14-28(15-19)22-24-12-5-13-25-22/h5,8-13,19H,3-4,6-7,14-15H2,1-2H3,(H,26,27,29)/t19-/m0/s1. The minimum absolute atomic E-state index is 0.0224. The largest absolute Gasteiger partial charge is 0.340 e. The molecule has 7 heteroatoms. The number of amides is 1. The van der Waals surface area contributed by atoms with Crippen LogP contribution in [-0.2, 0) is 11.2 Å². The lowest BCUT2D eigenvalue weighted by Gasteiger charge is -2.31. The fourth-order valence-corrected chi connectivity index (χ4v) is 4.71. The maximum atomic E-state index is 12.9. The molecule has 1 saturated heterocycles. The maximum absolute atomic E-state index is 12.9. The van der Waals surface area contributed by atoms with Crippen LogP contribution in [0.5, 0.6) is 0 Å². The van der Waals surface area contributed by atoms with Crippen molar-refractivity contribution >= 4 is 28.3 Å². The summed E-state index contributed by atoms with van der Waals surface area (Å²) < 4.78 is 0. The third-order valence-electron chi connectivity index (χ3n) is 5.42. The third-order valence-corrected chi connectivity index (χ3v) is 6.31. The Kier molecular flexibility index (Phi) is 6.38. The van der Waals surface area contributed by atoms with Gasteiger partial charge < -0.3 is 10.2 Å². The Morgan fingerprint density at radius 3 is 2.73 bits per heavy atom. The van der Waals surface area contributed by atoms with Crippen LogP contribution in [0.25, 0.3) is 11.3 Å². The highest BCUT2D eigenvalue weighted by Crippen LogP contribution is 2.31. The SMILES string of the molecule is CCCc1ccc(-c2nc(NC(=O)[C@H]3CCCN(c4ncccn4)C3)sc2C)cc1. The minimum atomic E-state index is -0.0939. The molecule has 3 heterocycles. The summed E-state index contributed by atoms with van der Waals surface area (Å²) in [7, 11) is 0. The topological polar surface area (TPSA) is 71.0 Å². The third kappa shape index (κ3) is 4.67. The smallest absolute Gasteiger partial charge is 0.231 e. The summed E-state index contributed by atoms with van der Waals surface area (Å²) in [6, 6.07) is 10.4. The van der Waals surface area contributed by atoms with Crippen LogP contribution in [0.2, 0.25) is 0 Å². The Labute approximate surface area is 181 Å². The lowest BCUT2D eigenvalue weighted by molar-refractivity contribution is -0.120. The van der Waals surface area contributed by atoms with Gasteiger partial charge in [-0.05, 0) is 37.8 Å². The van der Waals surface area contributed by atoms with Crippen molar-refractivity contribution in [1.29, 1.82) is 0 Å². The van der Waals surface area contributed by atoms with E-state index in [0.29, 0.717) is 17.6 Å². The first kappa shape index (κ1) is 20.5. The molecule has 1 N–H and O–H groups in total. The average molecular weight is 422 g/mol. The molecular weight excluding hydrogens is 394 g/mol. The van der Waals surface area contributed by atoms with E-state index in [4.69, 9.17) is 4.98 Å². The molecule has 156 valence electrons. The number of benzene rings is 1. The fraction of sp³-hybridized carbons (Fsp3) is 0.391. The van der Waals surface area contributed by atoms with E-state index in [-0.39, 0.29) is 11.8 Å². The van der Waals surface area contributed by atoms with Crippen molar-refractivity contribution in [2.45, 2.75) is 39.5 Å². The molecule has 1 amide bonds. The Morgan fingerprint density at radius 2 is 2.00 bits per heavy atom. The van der Waals surface area contributed by atoms with Gasteiger partial charge in [0.15, 0.2) is 5.13 Å². The van der Waals surface area contributed by atoms with Gasteiger partial charge >= 0.3 is 0 Å². The highest BCUT2D eigenvalue weighted by molar-refractivity contribution is 7.16. The number of nitrogens with one attached hydrogen (secondary N) is 1. The van der Waals surface area contributed by atoms with Crippen LogP contribution in [0.1, 0.15) is 36.6 Å². The molecule has 3 aromatic rings. The number of hydrogen-bond donors (Lipinski definition) is 1. The van der Waals surface area contributed by atoms with Crippen LogP contribution in [0.3, 0.4) is 0 Å². The molecule has 0 radical (unpaired) electrons. The molecule has 1 aliphatic heterocycles. The molecule has 1 atom stereocenters. The van der Waals surface area contributed by atoms with Crippen molar-refractivity contribution in [1.82, 2.24) is 15.0 Å². The number of nitrogens with zero attached hydrogens (tertiary/aromatic N) is 4. The Morgan fingerprint density at radius 1 is 1.23 bits per heavy atom. The zero-order valence-corrected chi connectivity index (χ0v) is 18.3. The molecule has 1 aliphatic rings. The first-order chi connectivity index (χ1) is 14.6. The van der Waals surface area contributed by atoms with Crippen molar-refractivity contribution in [2.24, 2.45) is 5.92 Å². The van der Waals surface area contributed by atoms with E-state index in [2.05, 4.69) is 58.3 Å². The van der Waals surface area contributed by atoms with Gasteiger partial charge in [-0.25, -0.2) is 15.0 Å². The summed E-state index contributed by atoms with van der Waals surface area (Å²) in [5.41, 5.74) is 3.38. The number of rotatable bonds is 6. The number of carbonyl (C=O) groups excluding carboxylic acids is 1. The molecule has 0 unspecified atom stereocenters. The van der Waals surface area contributed by atoms with Crippen LogP contribution in [0.15, 0.2) is 42.7 Å². The summed E-state index contributed by atoms with van der Waals surface area (Å²) in [5, 5.41) is 3.71. The van der Waals surface area contributed by atoms with Gasteiger partial charge in [-0.15, -0.1) is 11.3 Å². The van der Waals surface area contributed by atoms with Gasteiger partial charge in [0.2, 0.25) is 11.9 Å².